The van der Waals surface area contributed by atoms with Crippen LogP contribution in [0.15, 0.2) is 42.6 Å². The third-order valence-electron chi connectivity index (χ3n) is 2.44. The smallest absolute Gasteiger partial charge is 0.354 e. The minimum Gasteiger partial charge on any atom is -0.489 e. The van der Waals surface area contributed by atoms with Crippen LogP contribution in [0.4, 0.5) is 0 Å². The van der Waals surface area contributed by atoms with Crippen LogP contribution in [0.3, 0.4) is 0 Å². The molecule has 0 saturated heterocycles. The molecule has 0 amide bonds. The molecular formula is C14H13NO3. The predicted molar refractivity (Wildman–Crippen MR) is 66.7 cm³/mol. The lowest BCUT2D eigenvalue weighted by Gasteiger charge is -2.07. The maximum absolute atomic E-state index is 10.8. The Bertz CT molecular complexity index is 566. The molecule has 0 spiro atoms. The lowest BCUT2D eigenvalue weighted by atomic mass is 10.2. The van der Waals surface area contributed by atoms with Crippen molar-refractivity contribution in [1.29, 1.82) is 0 Å². The van der Waals surface area contributed by atoms with Gasteiger partial charge >= 0.3 is 5.97 Å². The van der Waals surface area contributed by atoms with Crippen molar-refractivity contribution in [2.45, 2.75) is 13.5 Å². The summed E-state index contributed by atoms with van der Waals surface area (Å²) >= 11 is 0. The number of benzene rings is 1. The molecule has 0 aliphatic heterocycles. The van der Waals surface area contributed by atoms with Gasteiger partial charge in [0.2, 0.25) is 0 Å². The van der Waals surface area contributed by atoms with Crippen LogP contribution in [0.5, 0.6) is 5.75 Å². The van der Waals surface area contributed by atoms with Crippen LogP contribution in [0.1, 0.15) is 21.6 Å². The number of carboxylic acid groups (broad SMARTS) is 1. The molecule has 1 heterocycles. The van der Waals surface area contributed by atoms with Crippen LogP contribution in [0.25, 0.3) is 0 Å². The zero-order valence-electron chi connectivity index (χ0n) is 9.96. The van der Waals surface area contributed by atoms with Gasteiger partial charge in [0, 0.05) is 6.20 Å². The van der Waals surface area contributed by atoms with Crippen LogP contribution < -0.4 is 4.74 Å². The molecule has 4 heteroatoms. The summed E-state index contributed by atoms with van der Waals surface area (Å²) in [5, 5.41) is 8.83. The molecule has 1 aromatic heterocycles. The molecule has 0 radical (unpaired) electrons. The summed E-state index contributed by atoms with van der Waals surface area (Å²) in [6.45, 7) is 2.31. The highest BCUT2D eigenvalue weighted by atomic mass is 16.5. The summed E-state index contributed by atoms with van der Waals surface area (Å²) in [5.74, 6) is -0.268. The molecule has 92 valence electrons. The monoisotopic (exact) mass is 243 g/mol. The number of aromatic nitrogens is 1. The van der Waals surface area contributed by atoms with E-state index in [0.717, 1.165) is 16.9 Å². The van der Waals surface area contributed by atoms with E-state index in [4.69, 9.17) is 9.84 Å². The first-order valence-corrected chi connectivity index (χ1v) is 5.53. The van der Waals surface area contributed by atoms with Gasteiger partial charge in [0.1, 0.15) is 18.1 Å². The van der Waals surface area contributed by atoms with Gasteiger partial charge in [0.25, 0.3) is 0 Å². The largest absolute Gasteiger partial charge is 0.489 e. The van der Waals surface area contributed by atoms with Gasteiger partial charge in [-0.25, -0.2) is 9.78 Å². The minimum atomic E-state index is -1.03. The summed E-state index contributed by atoms with van der Waals surface area (Å²) in [6, 6.07) is 11.0. The molecule has 18 heavy (non-hydrogen) atoms. The average molecular weight is 243 g/mol. The van der Waals surface area contributed by atoms with Crippen LogP contribution >= 0.6 is 0 Å². The molecular weight excluding hydrogens is 230 g/mol. The summed E-state index contributed by atoms with van der Waals surface area (Å²) in [7, 11) is 0. The molecule has 0 atom stereocenters. The molecule has 4 nitrogen and oxygen atoms in total. The number of aromatic carboxylic acids is 1. The van der Waals surface area contributed by atoms with E-state index < -0.39 is 5.97 Å². The van der Waals surface area contributed by atoms with Gasteiger partial charge in [0.05, 0.1) is 0 Å². The predicted octanol–water partition coefficient (Wildman–Crippen LogP) is 2.67. The fraction of sp³-hybridized carbons (Fsp3) is 0.143. The fourth-order valence-electron chi connectivity index (χ4n) is 1.55. The zero-order valence-corrected chi connectivity index (χ0v) is 9.96. The van der Waals surface area contributed by atoms with Gasteiger partial charge in [-0.2, -0.15) is 0 Å². The van der Waals surface area contributed by atoms with E-state index in [9.17, 15) is 4.79 Å². The van der Waals surface area contributed by atoms with Crippen molar-refractivity contribution < 1.29 is 14.6 Å². The van der Waals surface area contributed by atoms with Gasteiger partial charge in [-0.1, -0.05) is 12.1 Å². The SMILES string of the molecule is Cc1cccc(OCc2ccnc(C(=O)O)c2)c1. The molecule has 0 fully saturated rings. The Morgan fingerprint density at radius 3 is 2.89 bits per heavy atom. The molecule has 1 N–H and O–H groups in total. The summed E-state index contributed by atoms with van der Waals surface area (Å²) in [5.41, 5.74) is 1.93. The Kier molecular flexibility index (Phi) is 3.57. The van der Waals surface area contributed by atoms with Crippen molar-refractivity contribution in [3.8, 4) is 5.75 Å². The van der Waals surface area contributed by atoms with E-state index >= 15 is 0 Å². The quantitative estimate of drug-likeness (QED) is 0.896. The second-order valence-corrected chi connectivity index (χ2v) is 3.96. The number of aryl methyl sites for hydroxylation is 1. The number of hydrogen-bond acceptors (Lipinski definition) is 3. The molecule has 2 rings (SSSR count). The van der Waals surface area contributed by atoms with E-state index in [1.54, 1.807) is 6.07 Å². The molecule has 0 unspecified atom stereocenters. The lowest BCUT2D eigenvalue weighted by molar-refractivity contribution is 0.0690. The van der Waals surface area contributed by atoms with Gasteiger partial charge < -0.3 is 9.84 Å². The van der Waals surface area contributed by atoms with E-state index in [-0.39, 0.29) is 5.69 Å². The molecule has 0 aliphatic rings. The average Bonchev–Trinajstić information content (AvgIpc) is 2.37. The molecule has 1 aromatic carbocycles. The van der Waals surface area contributed by atoms with Crippen molar-refractivity contribution in [2.75, 3.05) is 0 Å². The number of pyridine rings is 1. The first kappa shape index (κ1) is 12.1. The van der Waals surface area contributed by atoms with Crippen molar-refractivity contribution >= 4 is 5.97 Å². The number of nitrogens with zero attached hydrogens (tertiary/aromatic N) is 1. The Morgan fingerprint density at radius 1 is 1.33 bits per heavy atom. The third kappa shape index (κ3) is 3.07. The topological polar surface area (TPSA) is 59.4 Å². The highest BCUT2D eigenvalue weighted by Gasteiger charge is 2.05. The lowest BCUT2D eigenvalue weighted by Crippen LogP contribution is -2.02. The Morgan fingerprint density at radius 2 is 2.17 bits per heavy atom. The Balaban J connectivity index is 2.06. The van der Waals surface area contributed by atoms with Gasteiger partial charge in [-0.3, -0.25) is 0 Å². The summed E-state index contributed by atoms with van der Waals surface area (Å²) in [4.78, 5) is 14.5. The van der Waals surface area contributed by atoms with E-state index in [2.05, 4.69) is 4.98 Å². The number of rotatable bonds is 4. The normalized spacial score (nSPS) is 10.1. The number of ether oxygens (including phenoxy) is 1. The summed E-state index contributed by atoms with van der Waals surface area (Å²) in [6.07, 6.45) is 1.47. The second-order valence-electron chi connectivity index (χ2n) is 3.96. The number of carboxylic acids is 1. The zero-order chi connectivity index (χ0) is 13.0. The maximum atomic E-state index is 10.8. The van der Waals surface area contributed by atoms with Crippen molar-refractivity contribution in [1.82, 2.24) is 4.98 Å². The van der Waals surface area contributed by atoms with E-state index in [0.29, 0.717) is 6.61 Å². The first-order valence-electron chi connectivity index (χ1n) is 5.53. The molecule has 0 bridgehead atoms. The first-order chi connectivity index (χ1) is 8.65. The molecule has 2 aromatic rings. The maximum Gasteiger partial charge on any atom is 0.354 e. The van der Waals surface area contributed by atoms with Crippen LogP contribution in [-0.4, -0.2) is 16.1 Å². The van der Waals surface area contributed by atoms with Crippen molar-refractivity contribution in [3.63, 3.8) is 0 Å². The number of hydrogen-bond donors (Lipinski definition) is 1. The van der Waals surface area contributed by atoms with Gasteiger partial charge in [-0.15, -0.1) is 0 Å². The highest BCUT2D eigenvalue weighted by Crippen LogP contribution is 2.14. The third-order valence-corrected chi connectivity index (χ3v) is 2.44. The van der Waals surface area contributed by atoms with Gasteiger partial charge in [0.15, 0.2) is 0 Å². The van der Waals surface area contributed by atoms with Crippen LogP contribution in [0.2, 0.25) is 0 Å². The molecule has 0 aliphatic carbocycles. The van der Waals surface area contributed by atoms with Crippen molar-refractivity contribution in [3.05, 3.63) is 59.4 Å². The Labute approximate surface area is 105 Å². The standard InChI is InChI=1S/C14H13NO3/c1-10-3-2-4-12(7-10)18-9-11-5-6-15-13(8-11)14(16)17/h2-8H,9H2,1H3,(H,16,17). The van der Waals surface area contributed by atoms with Crippen LogP contribution in [0, 0.1) is 6.92 Å². The minimum absolute atomic E-state index is 0.0281. The van der Waals surface area contributed by atoms with Crippen molar-refractivity contribution in [2.24, 2.45) is 0 Å². The molecule has 0 saturated carbocycles. The van der Waals surface area contributed by atoms with E-state index in [1.165, 1.54) is 12.3 Å². The highest BCUT2D eigenvalue weighted by molar-refractivity contribution is 5.85. The second kappa shape index (κ2) is 5.31. The van der Waals surface area contributed by atoms with E-state index in [1.807, 2.05) is 31.2 Å². The fourth-order valence-corrected chi connectivity index (χ4v) is 1.55. The number of carbonyl (C=O) groups is 1. The summed E-state index contributed by atoms with van der Waals surface area (Å²) < 4.78 is 5.59. The van der Waals surface area contributed by atoms with Crippen LogP contribution in [-0.2, 0) is 6.61 Å². The van der Waals surface area contributed by atoms with Gasteiger partial charge in [-0.05, 0) is 42.3 Å². The Hall–Kier alpha value is -2.36.